The standard InChI is InChI=1S/C7H2ClF3N2O2S/c8-16(14,15)5-1-3(9)6(7(10)11)13-4(5)2-12/h1,7H. The fraction of sp³-hybridized carbons (Fsp3) is 0.143. The minimum atomic E-state index is -4.41. The Bertz CT molecular complexity index is 568. The molecule has 0 atom stereocenters. The van der Waals surface area contributed by atoms with Crippen LogP contribution in [0.4, 0.5) is 13.2 Å². The molecule has 0 radical (unpaired) electrons. The van der Waals surface area contributed by atoms with E-state index in [4.69, 9.17) is 15.9 Å². The normalized spacial score (nSPS) is 11.5. The first-order valence-corrected chi connectivity index (χ1v) is 5.91. The minimum absolute atomic E-state index is 0.245. The van der Waals surface area contributed by atoms with Gasteiger partial charge in [0.15, 0.2) is 11.5 Å². The molecular formula is C7H2ClF3N2O2S. The van der Waals surface area contributed by atoms with Crippen LogP contribution in [0.5, 0.6) is 0 Å². The number of alkyl halides is 2. The first kappa shape index (κ1) is 12.7. The van der Waals surface area contributed by atoms with Crippen molar-refractivity contribution in [2.75, 3.05) is 0 Å². The summed E-state index contributed by atoms with van der Waals surface area (Å²) in [6, 6.07) is 1.50. The van der Waals surface area contributed by atoms with E-state index < -0.39 is 37.6 Å². The predicted molar refractivity (Wildman–Crippen MR) is 46.9 cm³/mol. The molecule has 1 rings (SSSR count). The molecule has 1 aromatic heterocycles. The summed E-state index contributed by atoms with van der Waals surface area (Å²) >= 11 is 0. The van der Waals surface area contributed by atoms with Crippen LogP contribution in [0.3, 0.4) is 0 Å². The summed E-state index contributed by atoms with van der Waals surface area (Å²) in [6.45, 7) is 0. The van der Waals surface area contributed by atoms with Crippen molar-refractivity contribution in [3.63, 3.8) is 0 Å². The van der Waals surface area contributed by atoms with Crippen molar-refractivity contribution in [3.8, 4) is 6.07 Å². The van der Waals surface area contributed by atoms with Crippen LogP contribution in [0.2, 0.25) is 0 Å². The second-order valence-corrected chi connectivity index (χ2v) is 5.09. The largest absolute Gasteiger partial charge is 0.283 e. The van der Waals surface area contributed by atoms with Gasteiger partial charge in [-0.15, -0.1) is 0 Å². The van der Waals surface area contributed by atoms with Gasteiger partial charge in [0.05, 0.1) is 0 Å². The third-order valence-corrected chi connectivity index (χ3v) is 2.88. The van der Waals surface area contributed by atoms with Crippen molar-refractivity contribution in [2.45, 2.75) is 11.3 Å². The van der Waals surface area contributed by atoms with Crippen molar-refractivity contribution in [2.24, 2.45) is 0 Å². The highest BCUT2D eigenvalue weighted by molar-refractivity contribution is 8.13. The van der Waals surface area contributed by atoms with Crippen molar-refractivity contribution in [3.05, 3.63) is 23.3 Å². The number of nitrogens with zero attached hydrogens (tertiary/aromatic N) is 2. The van der Waals surface area contributed by atoms with E-state index in [1.54, 1.807) is 0 Å². The Labute approximate surface area is 92.7 Å². The number of halogens is 4. The molecule has 1 aromatic rings. The molecule has 0 aliphatic heterocycles. The van der Waals surface area contributed by atoms with Gasteiger partial charge in [0.1, 0.15) is 16.7 Å². The van der Waals surface area contributed by atoms with Crippen molar-refractivity contribution >= 4 is 19.7 Å². The molecule has 9 heteroatoms. The summed E-state index contributed by atoms with van der Waals surface area (Å²) in [6.07, 6.45) is -3.25. The smallest absolute Gasteiger partial charge is 0.232 e. The average Bonchev–Trinajstić information content (AvgIpc) is 2.15. The molecule has 0 amide bonds. The third-order valence-electron chi connectivity index (χ3n) is 1.54. The number of hydrogen-bond acceptors (Lipinski definition) is 4. The molecule has 0 aromatic carbocycles. The van der Waals surface area contributed by atoms with Crippen LogP contribution in [0.1, 0.15) is 17.8 Å². The summed E-state index contributed by atoms with van der Waals surface area (Å²) in [7, 11) is 0.465. The van der Waals surface area contributed by atoms with Gasteiger partial charge in [0, 0.05) is 10.7 Å². The van der Waals surface area contributed by atoms with Crippen LogP contribution in [0.25, 0.3) is 0 Å². The quantitative estimate of drug-likeness (QED) is 0.770. The minimum Gasteiger partial charge on any atom is -0.232 e. The van der Waals surface area contributed by atoms with Crippen LogP contribution in [0.15, 0.2) is 11.0 Å². The molecule has 0 N–H and O–H groups in total. The van der Waals surface area contributed by atoms with Crippen molar-refractivity contribution in [1.29, 1.82) is 5.26 Å². The van der Waals surface area contributed by atoms with Gasteiger partial charge < -0.3 is 0 Å². The molecule has 0 unspecified atom stereocenters. The summed E-state index contributed by atoms with van der Waals surface area (Å²) in [5, 5.41) is 8.48. The molecule has 0 saturated heterocycles. The summed E-state index contributed by atoms with van der Waals surface area (Å²) in [5.41, 5.74) is -2.16. The molecular weight excluding hydrogens is 269 g/mol. The van der Waals surface area contributed by atoms with E-state index in [9.17, 15) is 21.6 Å². The highest BCUT2D eigenvalue weighted by Crippen LogP contribution is 2.25. The molecule has 0 aliphatic rings. The zero-order valence-corrected chi connectivity index (χ0v) is 8.86. The molecule has 0 spiro atoms. The Balaban J connectivity index is 3.59. The molecule has 86 valence electrons. The number of pyridine rings is 1. The molecule has 4 nitrogen and oxygen atoms in total. The van der Waals surface area contributed by atoms with E-state index in [1.807, 2.05) is 0 Å². The monoisotopic (exact) mass is 270 g/mol. The lowest BCUT2D eigenvalue weighted by Gasteiger charge is -2.04. The van der Waals surface area contributed by atoms with Gasteiger partial charge in [-0.25, -0.2) is 26.6 Å². The Kier molecular flexibility index (Phi) is 3.40. The second-order valence-electron chi connectivity index (χ2n) is 2.55. The molecule has 0 fully saturated rings. The highest BCUT2D eigenvalue weighted by Gasteiger charge is 2.24. The van der Waals surface area contributed by atoms with Gasteiger partial charge in [-0.05, 0) is 6.07 Å². The number of aromatic nitrogens is 1. The SMILES string of the molecule is N#Cc1nc(C(F)F)c(F)cc1S(=O)(=O)Cl. The van der Waals surface area contributed by atoms with E-state index in [0.717, 1.165) is 0 Å². The van der Waals surface area contributed by atoms with E-state index in [-0.39, 0.29) is 6.07 Å². The number of rotatable bonds is 2. The van der Waals surface area contributed by atoms with Gasteiger partial charge in [-0.2, -0.15) is 5.26 Å². The Morgan fingerprint density at radius 3 is 2.44 bits per heavy atom. The van der Waals surface area contributed by atoms with Gasteiger partial charge in [0.25, 0.3) is 15.5 Å². The molecule has 0 aliphatic carbocycles. The molecule has 16 heavy (non-hydrogen) atoms. The topological polar surface area (TPSA) is 70.8 Å². The molecule has 0 saturated carbocycles. The van der Waals surface area contributed by atoms with Crippen LogP contribution in [-0.2, 0) is 9.05 Å². The first-order chi connectivity index (χ1) is 7.27. The van der Waals surface area contributed by atoms with E-state index in [1.165, 1.54) is 6.07 Å². The van der Waals surface area contributed by atoms with E-state index in [0.29, 0.717) is 0 Å². The Hall–Kier alpha value is -1.33. The summed E-state index contributed by atoms with van der Waals surface area (Å²) in [5.74, 6) is -1.53. The van der Waals surface area contributed by atoms with E-state index >= 15 is 0 Å². The van der Waals surface area contributed by atoms with Crippen LogP contribution in [0, 0.1) is 17.1 Å². The maximum Gasteiger partial charge on any atom is 0.283 e. The molecule has 1 heterocycles. The maximum absolute atomic E-state index is 13.0. The van der Waals surface area contributed by atoms with Crippen LogP contribution >= 0.6 is 10.7 Å². The van der Waals surface area contributed by atoms with Gasteiger partial charge >= 0.3 is 0 Å². The maximum atomic E-state index is 13.0. The lowest BCUT2D eigenvalue weighted by atomic mass is 10.3. The number of hydrogen-bond donors (Lipinski definition) is 0. The van der Waals surface area contributed by atoms with Crippen molar-refractivity contribution in [1.82, 2.24) is 4.98 Å². The number of nitriles is 1. The first-order valence-electron chi connectivity index (χ1n) is 3.60. The van der Waals surface area contributed by atoms with Gasteiger partial charge in [-0.3, -0.25) is 0 Å². The molecule has 0 bridgehead atoms. The summed E-state index contributed by atoms with van der Waals surface area (Å²) in [4.78, 5) is 1.98. The van der Waals surface area contributed by atoms with Gasteiger partial charge in [0.2, 0.25) is 0 Å². The zero-order chi connectivity index (χ0) is 12.5. The fourth-order valence-electron chi connectivity index (χ4n) is 0.905. The third kappa shape index (κ3) is 2.43. The van der Waals surface area contributed by atoms with Crippen LogP contribution in [-0.4, -0.2) is 13.4 Å². The fourth-order valence-corrected chi connectivity index (χ4v) is 1.82. The summed E-state index contributed by atoms with van der Waals surface area (Å²) < 4.78 is 59.1. The van der Waals surface area contributed by atoms with Gasteiger partial charge in [-0.1, -0.05) is 0 Å². The lowest BCUT2D eigenvalue weighted by Crippen LogP contribution is -2.05. The Morgan fingerprint density at radius 2 is 2.06 bits per heavy atom. The Morgan fingerprint density at radius 1 is 1.50 bits per heavy atom. The second kappa shape index (κ2) is 4.27. The van der Waals surface area contributed by atoms with Crippen LogP contribution < -0.4 is 0 Å². The zero-order valence-electron chi connectivity index (χ0n) is 7.29. The predicted octanol–water partition coefficient (Wildman–Crippen LogP) is 1.96. The highest BCUT2D eigenvalue weighted by atomic mass is 35.7. The van der Waals surface area contributed by atoms with E-state index in [2.05, 4.69) is 4.98 Å². The average molecular weight is 271 g/mol. The lowest BCUT2D eigenvalue weighted by molar-refractivity contribution is 0.140. The van der Waals surface area contributed by atoms with Crippen molar-refractivity contribution < 1.29 is 21.6 Å².